The molecule has 1 heterocycles. The van der Waals surface area contributed by atoms with Gasteiger partial charge in [0.1, 0.15) is 4.90 Å². The average molecular weight is 501 g/mol. The molecule has 8 nitrogen and oxygen atoms in total. The number of nitrogens with zero attached hydrogens (tertiary/aromatic N) is 1. The second kappa shape index (κ2) is 9.31. The minimum absolute atomic E-state index is 0.0373. The van der Waals surface area contributed by atoms with Crippen molar-refractivity contribution in [3.63, 3.8) is 0 Å². The van der Waals surface area contributed by atoms with Gasteiger partial charge < -0.3 is 14.2 Å². The molecule has 12 heteroatoms. The Morgan fingerprint density at radius 3 is 2.48 bits per heavy atom. The Balaban J connectivity index is 1.90. The van der Waals surface area contributed by atoms with Gasteiger partial charge in [-0.05, 0) is 59.8 Å². The molecule has 0 spiro atoms. The molecule has 0 atom stereocenters. The van der Waals surface area contributed by atoms with Crippen LogP contribution in [-0.2, 0) is 19.7 Å². The van der Waals surface area contributed by atoms with Crippen LogP contribution in [0.4, 0.5) is 0 Å². The van der Waals surface area contributed by atoms with Crippen LogP contribution in [0.2, 0.25) is 10.0 Å². The number of benzene rings is 2. The van der Waals surface area contributed by atoms with Crippen LogP contribution in [0, 0.1) is 0 Å². The van der Waals surface area contributed by atoms with E-state index in [0.29, 0.717) is 10.6 Å². The number of methoxy groups -OCH3 is 1. The van der Waals surface area contributed by atoms with E-state index >= 15 is 0 Å². The molecule has 0 aliphatic carbocycles. The Hall–Kier alpha value is -2.53. The third-order valence-corrected chi connectivity index (χ3v) is 6.42. The van der Waals surface area contributed by atoms with Crippen LogP contribution in [0.1, 0.15) is 12.5 Å². The van der Waals surface area contributed by atoms with E-state index in [1.165, 1.54) is 56.5 Å². The summed E-state index contributed by atoms with van der Waals surface area (Å²) in [6, 6.07) is 8.29. The molecule has 3 rings (SSSR count). The summed E-state index contributed by atoms with van der Waals surface area (Å²) in [5.74, 6) is -1.06. The fourth-order valence-electron chi connectivity index (χ4n) is 2.43. The van der Waals surface area contributed by atoms with Gasteiger partial charge in [-0.25, -0.2) is 0 Å². The van der Waals surface area contributed by atoms with E-state index < -0.39 is 16.0 Å². The van der Waals surface area contributed by atoms with Crippen LogP contribution in [-0.4, -0.2) is 32.5 Å². The molecule has 1 aliphatic rings. The van der Waals surface area contributed by atoms with Crippen LogP contribution < -0.4 is 14.2 Å². The first-order valence-electron chi connectivity index (χ1n) is 8.47. The van der Waals surface area contributed by atoms with Crippen molar-refractivity contribution in [3.05, 3.63) is 56.9 Å². The molecule has 0 saturated heterocycles. The average Bonchev–Trinajstić information content (AvgIpc) is 3.02. The van der Waals surface area contributed by atoms with Crippen molar-refractivity contribution in [2.45, 2.75) is 11.8 Å². The minimum atomic E-state index is -4.20. The monoisotopic (exact) mass is 500 g/mol. The van der Waals surface area contributed by atoms with Crippen LogP contribution >= 0.6 is 35.0 Å². The number of ether oxygens (including phenoxy) is 1. The maximum absolute atomic E-state index is 12.6. The zero-order valence-corrected chi connectivity index (χ0v) is 19.2. The van der Waals surface area contributed by atoms with Crippen molar-refractivity contribution >= 4 is 68.1 Å². The second-order valence-corrected chi connectivity index (χ2v) is 9.46. The molecule has 0 bridgehead atoms. The molecule has 2 aromatic carbocycles. The first-order valence-corrected chi connectivity index (χ1v) is 11.4. The Labute approximate surface area is 192 Å². The van der Waals surface area contributed by atoms with Crippen molar-refractivity contribution in [1.82, 2.24) is 5.32 Å². The molecule has 0 radical (unpaired) electrons. The van der Waals surface area contributed by atoms with Crippen molar-refractivity contribution in [3.8, 4) is 11.5 Å². The van der Waals surface area contributed by atoms with E-state index in [1.807, 2.05) is 0 Å². The largest absolute Gasteiger partial charge is 0.493 e. The highest BCUT2D eigenvalue weighted by Crippen LogP contribution is 2.39. The summed E-state index contributed by atoms with van der Waals surface area (Å²) >= 11 is 13.0. The molecule has 0 aromatic heterocycles. The van der Waals surface area contributed by atoms with E-state index in [-0.39, 0.29) is 37.4 Å². The molecule has 0 fully saturated rings. The topological polar surface area (TPSA) is 111 Å². The van der Waals surface area contributed by atoms with Crippen molar-refractivity contribution in [2.75, 3.05) is 7.11 Å². The van der Waals surface area contributed by atoms with Crippen molar-refractivity contribution in [1.29, 1.82) is 0 Å². The van der Waals surface area contributed by atoms with Gasteiger partial charge in [0, 0.05) is 11.9 Å². The first kappa shape index (κ1) is 23.1. The molecule has 2 aromatic rings. The van der Waals surface area contributed by atoms with Crippen LogP contribution in [0.25, 0.3) is 6.08 Å². The zero-order valence-electron chi connectivity index (χ0n) is 16.0. The third kappa shape index (κ3) is 5.59. The molecule has 31 heavy (non-hydrogen) atoms. The molecule has 1 N–H and O–H groups in total. The lowest BCUT2D eigenvalue weighted by Gasteiger charge is -2.13. The maximum Gasteiger partial charge on any atom is 0.339 e. The molecule has 0 saturated carbocycles. The Morgan fingerprint density at radius 1 is 1.19 bits per heavy atom. The van der Waals surface area contributed by atoms with Crippen LogP contribution in [0.5, 0.6) is 11.5 Å². The summed E-state index contributed by atoms with van der Waals surface area (Å²) in [7, 11) is -2.89. The van der Waals surface area contributed by atoms with Gasteiger partial charge in [0.15, 0.2) is 10.9 Å². The number of halogens is 2. The summed E-state index contributed by atoms with van der Waals surface area (Å²) in [4.78, 5) is 27.0. The van der Waals surface area contributed by atoms with Gasteiger partial charge in [0.2, 0.25) is 11.7 Å². The lowest BCUT2D eigenvalue weighted by atomic mass is 10.2. The summed E-state index contributed by atoms with van der Waals surface area (Å²) in [6.45, 7) is 1.30. The van der Waals surface area contributed by atoms with Crippen molar-refractivity contribution in [2.24, 2.45) is 4.99 Å². The SMILES string of the molecule is COc1cc(/C=C2/SC(NC(C)=O)=NC2=O)cc(Cl)c1OS(=O)(=O)c1ccc(Cl)cc1. The van der Waals surface area contributed by atoms with E-state index in [4.69, 9.17) is 32.1 Å². The van der Waals surface area contributed by atoms with Gasteiger partial charge in [-0.15, -0.1) is 0 Å². The normalized spacial score (nSPS) is 15.0. The highest BCUT2D eigenvalue weighted by Gasteiger charge is 2.25. The van der Waals surface area contributed by atoms with E-state index in [2.05, 4.69) is 10.3 Å². The molecule has 1 aliphatic heterocycles. The number of carbonyl (C=O) groups is 2. The Bertz CT molecular complexity index is 1220. The number of aliphatic imine (C=N–C) groups is 1. The highest BCUT2D eigenvalue weighted by molar-refractivity contribution is 8.18. The maximum atomic E-state index is 12.6. The number of rotatable bonds is 5. The van der Waals surface area contributed by atoms with E-state index in [1.54, 1.807) is 0 Å². The van der Waals surface area contributed by atoms with Crippen molar-refractivity contribution < 1.29 is 26.9 Å². The number of carbonyl (C=O) groups excluding carboxylic acids is 2. The predicted octanol–water partition coefficient (Wildman–Crippen LogP) is 3.88. The fraction of sp³-hybridized carbons (Fsp3) is 0.105. The quantitative estimate of drug-likeness (QED) is 0.489. The molecule has 162 valence electrons. The summed E-state index contributed by atoms with van der Waals surface area (Å²) in [5.41, 5.74) is 0.438. The molecular weight excluding hydrogens is 487 g/mol. The van der Waals surface area contributed by atoms with Gasteiger partial charge in [-0.2, -0.15) is 13.4 Å². The highest BCUT2D eigenvalue weighted by atomic mass is 35.5. The number of thioether (sulfide) groups is 1. The molecular formula is C19H14Cl2N2O6S2. The van der Waals surface area contributed by atoms with E-state index in [0.717, 1.165) is 11.8 Å². The standard InChI is InChI=1S/C19H14Cl2N2O6S2/c1-10(24)22-19-23-18(25)16(30-19)9-11-7-14(21)17(15(8-11)28-2)29-31(26,27)13-5-3-12(20)4-6-13/h3-9H,1-2H3,(H,22,23,24,25)/b16-9+. The molecule has 0 unspecified atom stereocenters. The molecule has 2 amide bonds. The smallest absolute Gasteiger partial charge is 0.339 e. The lowest BCUT2D eigenvalue weighted by molar-refractivity contribution is -0.117. The minimum Gasteiger partial charge on any atom is -0.493 e. The van der Waals surface area contributed by atoms with E-state index in [9.17, 15) is 18.0 Å². The van der Waals surface area contributed by atoms with Gasteiger partial charge in [0.25, 0.3) is 5.91 Å². The number of hydrogen-bond acceptors (Lipinski definition) is 7. The fourth-order valence-corrected chi connectivity index (χ4v) is 4.67. The third-order valence-electron chi connectivity index (χ3n) is 3.75. The van der Waals surface area contributed by atoms with Gasteiger partial charge >= 0.3 is 10.1 Å². The Kier molecular flexibility index (Phi) is 6.95. The summed E-state index contributed by atoms with van der Waals surface area (Å²) < 4.78 is 35.6. The van der Waals surface area contributed by atoms with Gasteiger partial charge in [0.05, 0.1) is 17.0 Å². The zero-order chi connectivity index (χ0) is 22.8. The number of nitrogens with one attached hydrogen (secondary N) is 1. The van der Waals surface area contributed by atoms with Crippen LogP contribution in [0.15, 0.2) is 51.2 Å². The van der Waals surface area contributed by atoms with Gasteiger partial charge in [-0.3, -0.25) is 9.59 Å². The second-order valence-electron chi connectivity index (χ2n) is 6.04. The summed E-state index contributed by atoms with van der Waals surface area (Å²) in [5, 5.41) is 2.92. The predicted molar refractivity (Wildman–Crippen MR) is 119 cm³/mol. The number of hydrogen-bond donors (Lipinski definition) is 1. The number of amidine groups is 1. The van der Waals surface area contributed by atoms with Gasteiger partial charge in [-0.1, -0.05) is 23.2 Å². The first-order chi connectivity index (χ1) is 14.6. The van der Waals surface area contributed by atoms with Crippen LogP contribution in [0.3, 0.4) is 0 Å². The summed E-state index contributed by atoms with van der Waals surface area (Å²) in [6.07, 6.45) is 1.48. The Morgan fingerprint density at radius 2 is 1.87 bits per heavy atom. The number of amides is 2. The lowest BCUT2D eigenvalue weighted by Crippen LogP contribution is -2.23.